The number of rotatable bonds is 7. The van der Waals surface area contributed by atoms with Crippen LogP contribution in [0, 0.1) is 6.92 Å². The molecule has 0 saturated carbocycles. The van der Waals surface area contributed by atoms with Gasteiger partial charge in [0.05, 0.1) is 6.04 Å². The van der Waals surface area contributed by atoms with Crippen molar-refractivity contribution in [1.82, 2.24) is 10.2 Å². The standard InChI is InChI=1S/C19H24N2O3.ClH/c1-15-9-10-18(24-15)17(21-11-5-6-12-21)13-20-19(22)14-23-16-7-3-2-4-8-16;/h2-4,7-10,17H,5-6,11-14H2,1H3,(H,20,22);1H. The topological polar surface area (TPSA) is 54.7 Å². The van der Waals surface area contributed by atoms with Crippen LogP contribution >= 0.6 is 12.4 Å². The SMILES string of the molecule is Cc1ccc(C(CNC(=O)COc2ccccc2)N2CCCC2)o1.Cl. The van der Waals surface area contributed by atoms with Crippen molar-refractivity contribution in [2.75, 3.05) is 26.2 Å². The van der Waals surface area contributed by atoms with Gasteiger partial charge in [0, 0.05) is 6.54 Å². The predicted octanol–water partition coefficient (Wildman–Crippen LogP) is 3.34. The Morgan fingerprint density at radius 2 is 1.92 bits per heavy atom. The Hall–Kier alpha value is -1.98. The van der Waals surface area contributed by atoms with Crippen LogP contribution in [0.3, 0.4) is 0 Å². The molecule has 6 heteroatoms. The van der Waals surface area contributed by atoms with E-state index >= 15 is 0 Å². The molecule has 0 radical (unpaired) electrons. The highest BCUT2D eigenvalue weighted by Crippen LogP contribution is 2.26. The quantitative estimate of drug-likeness (QED) is 0.818. The average Bonchev–Trinajstić information content (AvgIpc) is 3.27. The van der Waals surface area contributed by atoms with Crippen LogP contribution in [0.25, 0.3) is 0 Å². The number of carbonyl (C=O) groups excluding carboxylic acids is 1. The lowest BCUT2D eigenvalue weighted by Gasteiger charge is -2.26. The number of furan rings is 1. The molecule has 136 valence electrons. The smallest absolute Gasteiger partial charge is 0.258 e. The number of nitrogens with one attached hydrogen (secondary N) is 1. The van der Waals surface area contributed by atoms with Gasteiger partial charge in [-0.15, -0.1) is 12.4 Å². The molecular formula is C19H25ClN2O3. The Morgan fingerprint density at radius 1 is 1.20 bits per heavy atom. The summed E-state index contributed by atoms with van der Waals surface area (Å²) in [5.41, 5.74) is 0. The highest BCUT2D eigenvalue weighted by atomic mass is 35.5. The van der Waals surface area contributed by atoms with Crippen LogP contribution in [0.4, 0.5) is 0 Å². The third kappa shape index (κ3) is 5.51. The molecule has 1 unspecified atom stereocenters. The van der Waals surface area contributed by atoms with E-state index < -0.39 is 0 Å². The van der Waals surface area contributed by atoms with Gasteiger partial charge in [-0.25, -0.2) is 0 Å². The predicted molar refractivity (Wildman–Crippen MR) is 99.2 cm³/mol. The maximum absolute atomic E-state index is 12.1. The molecule has 1 aliphatic heterocycles. The fourth-order valence-electron chi connectivity index (χ4n) is 3.02. The Bertz CT molecular complexity index is 654. The average molecular weight is 365 g/mol. The molecule has 1 fully saturated rings. The van der Waals surface area contributed by atoms with E-state index in [1.165, 1.54) is 12.8 Å². The van der Waals surface area contributed by atoms with Crippen LogP contribution in [0.5, 0.6) is 5.75 Å². The third-order valence-electron chi connectivity index (χ3n) is 4.28. The van der Waals surface area contributed by atoms with E-state index in [-0.39, 0.29) is 31.0 Å². The molecule has 1 aliphatic rings. The largest absolute Gasteiger partial charge is 0.484 e. The minimum absolute atomic E-state index is 0. The Kier molecular flexibility index (Phi) is 7.34. The zero-order valence-corrected chi connectivity index (χ0v) is 15.3. The van der Waals surface area contributed by atoms with Crippen LogP contribution in [-0.4, -0.2) is 37.0 Å². The summed E-state index contributed by atoms with van der Waals surface area (Å²) in [6, 6.07) is 13.4. The van der Waals surface area contributed by atoms with Gasteiger partial charge in [0.1, 0.15) is 17.3 Å². The highest BCUT2D eigenvalue weighted by molar-refractivity contribution is 5.85. The van der Waals surface area contributed by atoms with Crippen LogP contribution in [0.2, 0.25) is 0 Å². The van der Waals surface area contributed by atoms with E-state index in [0.29, 0.717) is 12.3 Å². The number of carbonyl (C=O) groups is 1. The zero-order chi connectivity index (χ0) is 16.8. The monoisotopic (exact) mass is 364 g/mol. The first-order valence-corrected chi connectivity index (χ1v) is 8.47. The molecule has 1 aromatic carbocycles. The lowest BCUT2D eigenvalue weighted by Crippen LogP contribution is -2.38. The summed E-state index contributed by atoms with van der Waals surface area (Å²) < 4.78 is 11.3. The van der Waals surface area contributed by atoms with Gasteiger partial charge in [-0.05, 0) is 57.1 Å². The van der Waals surface area contributed by atoms with Gasteiger partial charge in [0.15, 0.2) is 6.61 Å². The number of nitrogens with zero attached hydrogens (tertiary/aromatic N) is 1. The normalized spacial score (nSPS) is 15.4. The highest BCUT2D eigenvalue weighted by Gasteiger charge is 2.26. The van der Waals surface area contributed by atoms with Crippen molar-refractivity contribution in [3.05, 3.63) is 54.0 Å². The second kappa shape index (κ2) is 9.49. The molecule has 5 nitrogen and oxygen atoms in total. The van der Waals surface area contributed by atoms with Crippen LogP contribution in [-0.2, 0) is 4.79 Å². The molecule has 3 rings (SSSR count). The molecule has 25 heavy (non-hydrogen) atoms. The van der Waals surface area contributed by atoms with E-state index in [0.717, 1.165) is 24.6 Å². The molecular weight excluding hydrogens is 340 g/mol. The van der Waals surface area contributed by atoms with E-state index in [9.17, 15) is 4.79 Å². The number of hydrogen-bond acceptors (Lipinski definition) is 4. The van der Waals surface area contributed by atoms with Crippen molar-refractivity contribution < 1.29 is 13.9 Å². The molecule has 2 aromatic rings. The number of ether oxygens (including phenoxy) is 1. The molecule has 1 aromatic heterocycles. The van der Waals surface area contributed by atoms with Gasteiger partial charge in [-0.3, -0.25) is 9.69 Å². The van der Waals surface area contributed by atoms with Crippen LogP contribution in [0.15, 0.2) is 46.9 Å². The first kappa shape index (κ1) is 19.3. The second-order valence-corrected chi connectivity index (χ2v) is 6.11. The number of aryl methyl sites for hydroxylation is 1. The van der Waals surface area contributed by atoms with Crippen LogP contribution < -0.4 is 10.1 Å². The zero-order valence-electron chi connectivity index (χ0n) is 14.4. The lowest BCUT2D eigenvalue weighted by atomic mass is 10.2. The summed E-state index contributed by atoms with van der Waals surface area (Å²) in [6.45, 7) is 4.58. The number of amides is 1. The van der Waals surface area contributed by atoms with Crippen molar-refractivity contribution in [1.29, 1.82) is 0 Å². The molecule has 1 amide bonds. The summed E-state index contributed by atoms with van der Waals surface area (Å²) in [7, 11) is 0. The molecule has 1 saturated heterocycles. The van der Waals surface area contributed by atoms with E-state index in [1.807, 2.05) is 49.4 Å². The Morgan fingerprint density at radius 3 is 2.56 bits per heavy atom. The van der Waals surface area contributed by atoms with Crippen molar-refractivity contribution in [3.63, 3.8) is 0 Å². The molecule has 2 heterocycles. The van der Waals surface area contributed by atoms with Crippen molar-refractivity contribution in [2.24, 2.45) is 0 Å². The van der Waals surface area contributed by atoms with Crippen LogP contribution in [0.1, 0.15) is 30.4 Å². The van der Waals surface area contributed by atoms with Crippen molar-refractivity contribution in [3.8, 4) is 5.75 Å². The van der Waals surface area contributed by atoms with E-state index in [1.54, 1.807) is 0 Å². The van der Waals surface area contributed by atoms with Gasteiger partial charge >= 0.3 is 0 Å². The molecule has 1 N–H and O–H groups in total. The molecule has 1 atom stereocenters. The van der Waals surface area contributed by atoms with Gasteiger partial charge in [0.2, 0.25) is 0 Å². The summed E-state index contributed by atoms with van der Waals surface area (Å²) in [4.78, 5) is 14.5. The maximum Gasteiger partial charge on any atom is 0.258 e. The minimum atomic E-state index is -0.119. The summed E-state index contributed by atoms with van der Waals surface area (Å²) in [5, 5.41) is 2.97. The Balaban J connectivity index is 0.00000225. The van der Waals surface area contributed by atoms with Gasteiger partial charge in [0.25, 0.3) is 5.91 Å². The maximum atomic E-state index is 12.1. The number of hydrogen-bond donors (Lipinski definition) is 1. The summed E-state index contributed by atoms with van der Waals surface area (Å²) >= 11 is 0. The first-order valence-electron chi connectivity index (χ1n) is 8.47. The number of para-hydroxylation sites is 1. The number of likely N-dealkylation sites (tertiary alicyclic amines) is 1. The minimum Gasteiger partial charge on any atom is -0.484 e. The van der Waals surface area contributed by atoms with Crippen molar-refractivity contribution in [2.45, 2.75) is 25.8 Å². The number of benzene rings is 1. The molecule has 0 aliphatic carbocycles. The first-order chi connectivity index (χ1) is 11.7. The van der Waals surface area contributed by atoms with Gasteiger partial charge in [-0.2, -0.15) is 0 Å². The molecule has 0 bridgehead atoms. The third-order valence-corrected chi connectivity index (χ3v) is 4.28. The lowest BCUT2D eigenvalue weighted by molar-refractivity contribution is -0.123. The fourth-order valence-corrected chi connectivity index (χ4v) is 3.02. The van der Waals surface area contributed by atoms with Crippen molar-refractivity contribution >= 4 is 18.3 Å². The fraction of sp³-hybridized carbons (Fsp3) is 0.421. The van der Waals surface area contributed by atoms with E-state index in [2.05, 4.69) is 10.2 Å². The Labute approximate surface area is 154 Å². The van der Waals surface area contributed by atoms with E-state index in [4.69, 9.17) is 9.15 Å². The molecule has 0 spiro atoms. The number of halogens is 1. The summed E-state index contributed by atoms with van der Waals surface area (Å²) in [5.74, 6) is 2.39. The van der Waals surface area contributed by atoms with Gasteiger partial charge in [-0.1, -0.05) is 18.2 Å². The second-order valence-electron chi connectivity index (χ2n) is 6.11. The summed E-state index contributed by atoms with van der Waals surface area (Å²) in [6.07, 6.45) is 2.39. The van der Waals surface area contributed by atoms with Gasteiger partial charge < -0.3 is 14.5 Å².